The third-order valence-corrected chi connectivity index (χ3v) is 5.14. The first kappa shape index (κ1) is 15.8. The largest absolute Gasteiger partial charge is 0.266 e. The molecular formula is C14H12Cl2N2O2S. The van der Waals surface area contributed by atoms with Crippen LogP contribution in [0.15, 0.2) is 60.1 Å². The van der Waals surface area contributed by atoms with Crippen LogP contribution in [0.5, 0.6) is 0 Å². The van der Waals surface area contributed by atoms with Crippen LogP contribution in [0.25, 0.3) is 0 Å². The highest BCUT2D eigenvalue weighted by molar-refractivity contribution is 7.92. The molecule has 0 fully saturated rings. The van der Waals surface area contributed by atoms with Crippen molar-refractivity contribution in [1.29, 1.82) is 0 Å². The van der Waals surface area contributed by atoms with Crippen molar-refractivity contribution in [3.05, 3.63) is 65.4 Å². The van der Waals surface area contributed by atoms with Crippen molar-refractivity contribution < 1.29 is 8.42 Å². The number of halogens is 2. The first-order valence-corrected chi connectivity index (χ1v) is 8.16. The van der Waals surface area contributed by atoms with Gasteiger partial charge in [-0.25, -0.2) is 13.4 Å². The summed E-state index contributed by atoms with van der Waals surface area (Å²) in [6, 6.07) is 10.0. The molecule has 110 valence electrons. The van der Waals surface area contributed by atoms with Crippen LogP contribution >= 0.6 is 23.2 Å². The lowest BCUT2D eigenvalue weighted by atomic mass is 10.3. The third kappa shape index (κ3) is 3.37. The van der Waals surface area contributed by atoms with E-state index in [1.807, 2.05) is 6.07 Å². The summed E-state index contributed by atoms with van der Waals surface area (Å²) in [5, 5.41) is 0.148. The topological polar surface area (TPSA) is 50.3 Å². The minimum Gasteiger partial charge on any atom is -0.262 e. The van der Waals surface area contributed by atoms with E-state index in [1.165, 1.54) is 22.6 Å². The average molecular weight is 343 g/mol. The number of benzene rings is 1. The number of aromatic nitrogens is 1. The van der Waals surface area contributed by atoms with Crippen molar-refractivity contribution in [2.45, 2.75) is 4.90 Å². The Labute approximate surface area is 133 Å². The van der Waals surface area contributed by atoms with E-state index in [1.54, 1.807) is 24.3 Å². The Morgan fingerprint density at radius 2 is 1.90 bits per heavy atom. The molecule has 0 bridgehead atoms. The molecule has 0 radical (unpaired) electrons. The highest BCUT2D eigenvalue weighted by atomic mass is 35.5. The van der Waals surface area contributed by atoms with Crippen LogP contribution in [-0.4, -0.2) is 19.9 Å². The van der Waals surface area contributed by atoms with Gasteiger partial charge in [0.2, 0.25) is 0 Å². The maximum absolute atomic E-state index is 12.7. The number of rotatable bonds is 5. The maximum atomic E-state index is 12.7. The molecule has 1 aromatic heterocycles. The second-order valence-corrected chi connectivity index (χ2v) is 6.73. The number of pyridine rings is 1. The Hall–Kier alpha value is -1.56. The number of sulfonamides is 1. The first-order chi connectivity index (χ1) is 9.96. The van der Waals surface area contributed by atoms with Crippen LogP contribution in [0.1, 0.15) is 0 Å². The fourth-order valence-corrected chi connectivity index (χ4v) is 3.47. The van der Waals surface area contributed by atoms with Crippen molar-refractivity contribution in [2.75, 3.05) is 10.8 Å². The Morgan fingerprint density at radius 1 is 1.24 bits per heavy atom. The summed E-state index contributed by atoms with van der Waals surface area (Å²) in [7, 11) is -3.80. The summed E-state index contributed by atoms with van der Waals surface area (Å²) in [6.07, 6.45) is 2.69. The fourth-order valence-electron chi connectivity index (χ4n) is 1.73. The van der Waals surface area contributed by atoms with Gasteiger partial charge in [-0.3, -0.25) is 4.31 Å². The van der Waals surface area contributed by atoms with E-state index < -0.39 is 10.0 Å². The van der Waals surface area contributed by atoms with Gasteiger partial charge in [-0.05, 0) is 18.2 Å². The number of hydrogen-bond acceptors (Lipinski definition) is 3. The predicted molar refractivity (Wildman–Crippen MR) is 85.4 cm³/mol. The molecule has 7 heteroatoms. The minimum absolute atomic E-state index is 0.0254. The molecule has 0 saturated heterocycles. The lowest BCUT2D eigenvalue weighted by molar-refractivity contribution is 0.592. The number of hydrogen-bond donors (Lipinski definition) is 0. The zero-order chi connectivity index (χ0) is 15.5. The Kier molecular flexibility index (Phi) is 4.88. The molecule has 0 unspecified atom stereocenters. The summed E-state index contributed by atoms with van der Waals surface area (Å²) >= 11 is 11.6. The Bertz CT molecular complexity index is 749. The normalized spacial score (nSPS) is 11.1. The van der Waals surface area contributed by atoms with Crippen LogP contribution in [0.2, 0.25) is 10.2 Å². The molecule has 1 heterocycles. The van der Waals surface area contributed by atoms with E-state index in [2.05, 4.69) is 11.6 Å². The van der Waals surface area contributed by atoms with E-state index >= 15 is 0 Å². The second-order valence-electron chi connectivity index (χ2n) is 4.10. The smallest absolute Gasteiger partial charge is 0.262 e. The average Bonchev–Trinajstić information content (AvgIpc) is 2.48. The molecular weight excluding hydrogens is 331 g/mol. The van der Waals surface area contributed by atoms with Crippen LogP contribution in [0.3, 0.4) is 0 Å². The first-order valence-electron chi connectivity index (χ1n) is 5.96. The van der Waals surface area contributed by atoms with Crippen molar-refractivity contribution in [2.24, 2.45) is 0 Å². The van der Waals surface area contributed by atoms with Crippen LogP contribution < -0.4 is 4.31 Å². The maximum Gasteiger partial charge on any atom is 0.266 e. The molecule has 2 aromatic rings. The highest BCUT2D eigenvalue weighted by Gasteiger charge is 2.25. The van der Waals surface area contributed by atoms with Crippen LogP contribution in [0.4, 0.5) is 5.69 Å². The number of nitrogens with zero attached hydrogens (tertiary/aromatic N) is 2. The second kappa shape index (κ2) is 6.47. The van der Waals surface area contributed by atoms with Gasteiger partial charge in [0.15, 0.2) is 0 Å². The highest BCUT2D eigenvalue weighted by Crippen LogP contribution is 2.27. The van der Waals surface area contributed by atoms with Crippen LogP contribution in [0, 0.1) is 0 Å². The van der Waals surface area contributed by atoms with Gasteiger partial charge in [0.05, 0.1) is 17.3 Å². The minimum atomic E-state index is -3.80. The number of anilines is 1. The Morgan fingerprint density at radius 3 is 2.48 bits per heavy atom. The van der Waals surface area contributed by atoms with Gasteiger partial charge in [-0.2, -0.15) is 0 Å². The molecule has 0 atom stereocenters. The summed E-state index contributed by atoms with van der Waals surface area (Å²) in [5.41, 5.74) is 0.531. The number of para-hydroxylation sites is 1. The van der Waals surface area contributed by atoms with Gasteiger partial charge in [-0.15, -0.1) is 6.58 Å². The van der Waals surface area contributed by atoms with Crippen molar-refractivity contribution in [3.63, 3.8) is 0 Å². The third-order valence-electron chi connectivity index (χ3n) is 2.70. The molecule has 0 aliphatic heterocycles. The SMILES string of the molecule is C=CCN(c1ccccc1)S(=O)(=O)c1cnc(Cl)c(Cl)c1. The molecule has 4 nitrogen and oxygen atoms in total. The molecule has 0 aliphatic carbocycles. The molecule has 0 N–H and O–H groups in total. The monoisotopic (exact) mass is 342 g/mol. The molecule has 0 spiro atoms. The Balaban J connectivity index is 2.52. The molecule has 0 amide bonds. The van der Waals surface area contributed by atoms with Crippen molar-refractivity contribution in [3.8, 4) is 0 Å². The van der Waals surface area contributed by atoms with E-state index in [9.17, 15) is 8.42 Å². The molecule has 0 saturated carbocycles. The summed E-state index contributed by atoms with van der Waals surface area (Å²) in [6.45, 7) is 3.73. The van der Waals surface area contributed by atoms with Gasteiger partial charge in [0.25, 0.3) is 10.0 Å². The zero-order valence-electron chi connectivity index (χ0n) is 10.9. The van der Waals surface area contributed by atoms with E-state index in [0.717, 1.165) is 0 Å². The van der Waals surface area contributed by atoms with Gasteiger partial charge in [0, 0.05) is 6.20 Å². The van der Waals surface area contributed by atoms with E-state index in [4.69, 9.17) is 23.2 Å². The van der Waals surface area contributed by atoms with E-state index in [-0.39, 0.29) is 21.6 Å². The van der Waals surface area contributed by atoms with Gasteiger partial charge >= 0.3 is 0 Å². The molecule has 2 rings (SSSR count). The summed E-state index contributed by atoms with van der Waals surface area (Å²) < 4.78 is 26.7. The van der Waals surface area contributed by atoms with Gasteiger partial charge in [0.1, 0.15) is 10.0 Å². The summed E-state index contributed by atoms with van der Waals surface area (Å²) in [4.78, 5) is 3.76. The lowest BCUT2D eigenvalue weighted by Crippen LogP contribution is -2.31. The molecule has 21 heavy (non-hydrogen) atoms. The predicted octanol–water partition coefficient (Wildman–Crippen LogP) is 3.77. The van der Waals surface area contributed by atoms with Gasteiger partial charge in [-0.1, -0.05) is 47.5 Å². The van der Waals surface area contributed by atoms with Crippen molar-refractivity contribution in [1.82, 2.24) is 4.98 Å². The lowest BCUT2D eigenvalue weighted by Gasteiger charge is -2.23. The fraction of sp³-hybridized carbons (Fsp3) is 0.0714. The van der Waals surface area contributed by atoms with Crippen LogP contribution in [-0.2, 0) is 10.0 Å². The quantitative estimate of drug-likeness (QED) is 0.613. The van der Waals surface area contributed by atoms with Crippen molar-refractivity contribution >= 4 is 38.9 Å². The molecule has 1 aromatic carbocycles. The summed E-state index contributed by atoms with van der Waals surface area (Å²) in [5.74, 6) is 0. The van der Waals surface area contributed by atoms with Gasteiger partial charge < -0.3 is 0 Å². The molecule has 0 aliphatic rings. The van der Waals surface area contributed by atoms with E-state index in [0.29, 0.717) is 5.69 Å². The standard InChI is InChI=1S/C14H12Cl2N2O2S/c1-2-8-18(11-6-4-3-5-7-11)21(19,20)12-9-13(15)14(16)17-10-12/h2-7,9-10H,1,8H2. The zero-order valence-corrected chi connectivity index (χ0v) is 13.2.